The zero-order chi connectivity index (χ0) is 12.2. The van der Waals surface area contributed by atoms with Crippen LogP contribution in [0.1, 0.15) is 12.8 Å². The van der Waals surface area contributed by atoms with Crippen LogP contribution in [0.25, 0.3) is 0 Å². The lowest BCUT2D eigenvalue weighted by Crippen LogP contribution is -2.39. The van der Waals surface area contributed by atoms with Gasteiger partial charge in [0, 0.05) is 19.8 Å². The Hall–Kier alpha value is -0.620. The van der Waals surface area contributed by atoms with Gasteiger partial charge in [0.15, 0.2) is 9.84 Å². The zero-order valence-corrected chi connectivity index (χ0v) is 10.7. The fourth-order valence-electron chi connectivity index (χ4n) is 1.89. The van der Waals surface area contributed by atoms with E-state index in [0.29, 0.717) is 12.5 Å². The van der Waals surface area contributed by atoms with Crippen LogP contribution >= 0.6 is 0 Å². The highest BCUT2D eigenvalue weighted by Gasteiger charge is 2.20. The lowest BCUT2D eigenvalue weighted by atomic mass is 9.98. The third-order valence-electron chi connectivity index (χ3n) is 2.80. The summed E-state index contributed by atoms with van der Waals surface area (Å²) in [5.41, 5.74) is 0. The van der Waals surface area contributed by atoms with Gasteiger partial charge >= 0.3 is 0 Å². The van der Waals surface area contributed by atoms with Crippen molar-refractivity contribution in [2.45, 2.75) is 12.8 Å². The number of sulfone groups is 1. The molecule has 1 aliphatic heterocycles. The van der Waals surface area contributed by atoms with Crippen LogP contribution in [0.3, 0.4) is 0 Å². The van der Waals surface area contributed by atoms with Crippen LogP contribution < -0.4 is 5.32 Å². The molecule has 0 unspecified atom stereocenters. The largest absolute Gasteiger partial charge is 0.345 e. The summed E-state index contributed by atoms with van der Waals surface area (Å²) < 4.78 is 22.0. The first-order valence-electron chi connectivity index (χ1n) is 5.51. The first-order chi connectivity index (χ1) is 7.38. The molecule has 16 heavy (non-hydrogen) atoms. The van der Waals surface area contributed by atoms with E-state index in [4.69, 9.17) is 0 Å². The quantitative estimate of drug-likeness (QED) is 0.727. The first kappa shape index (κ1) is 13.4. The van der Waals surface area contributed by atoms with E-state index in [9.17, 15) is 13.2 Å². The Morgan fingerprint density at radius 1 is 1.38 bits per heavy atom. The van der Waals surface area contributed by atoms with Gasteiger partial charge in [-0.05, 0) is 31.8 Å². The number of amides is 1. The summed E-state index contributed by atoms with van der Waals surface area (Å²) in [4.78, 5) is 13.1. The minimum Gasteiger partial charge on any atom is -0.345 e. The van der Waals surface area contributed by atoms with E-state index in [2.05, 4.69) is 5.32 Å². The van der Waals surface area contributed by atoms with Crippen LogP contribution in [0, 0.1) is 5.92 Å². The Balaban J connectivity index is 2.38. The molecule has 5 nitrogen and oxygen atoms in total. The second kappa shape index (κ2) is 5.63. The average molecular weight is 248 g/mol. The summed E-state index contributed by atoms with van der Waals surface area (Å²) in [6.07, 6.45) is 3.19. The molecule has 0 aromatic heterocycles. The molecule has 94 valence electrons. The Morgan fingerprint density at radius 3 is 2.44 bits per heavy atom. The molecule has 0 aromatic rings. The van der Waals surface area contributed by atoms with Crippen LogP contribution in [0.4, 0.5) is 0 Å². The average Bonchev–Trinajstić information content (AvgIpc) is 2.16. The SMILES string of the molecule is CN(CC1CCNCC1)C(=O)CS(C)(=O)=O. The minimum absolute atomic E-state index is 0.305. The molecule has 1 amide bonds. The van der Waals surface area contributed by atoms with E-state index in [1.54, 1.807) is 7.05 Å². The van der Waals surface area contributed by atoms with Crippen LogP contribution in [-0.4, -0.2) is 57.9 Å². The molecule has 0 bridgehead atoms. The molecule has 0 saturated carbocycles. The van der Waals surface area contributed by atoms with Crippen molar-refractivity contribution in [2.24, 2.45) is 5.92 Å². The van der Waals surface area contributed by atoms with Gasteiger partial charge in [-0.25, -0.2) is 8.42 Å². The summed E-state index contributed by atoms with van der Waals surface area (Å²) in [6, 6.07) is 0. The third kappa shape index (κ3) is 4.94. The van der Waals surface area contributed by atoms with Gasteiger partial charge in [-0.2, -0.15) is 0 Å². The Bertz CT molecular complexity index is 334. The number of carbonyl (C=O) groups is 1. The molecule has 1 N–H and O–H groups in total. The van der Waals surface area contributed by atoms with Crippen molar-refractivity contribution in [3.8, 4) is 0 Å². The van der Waals surface area contributed by atoms with Crippen molar-refractivity contribution in [1.82, 2.24) is 10.2 Å². The number of hydrogen-bond acceptors (Lipinski definition) is 4. The molecule has 1 fully saturated rings. The first-order valence-corrected chi connectivity index (χ1v) is 7.57. The summed E-state index contributed by atoms with van der Waals surface area (Å²) in [5.74, 6) is -0.190. The van der Waals surface area contributed by atoms with Gasteiger partial charge in [0.2, 0.25) is 5.91 Å². The van der Waals surface area contributed by atoms with E-state index in [1.807, 2.05) is 0 Å². The number of rotatable bonds is 4. The zero-order valence-electron chi connectivity index (χ0n) is 9.90. The highest BCUT2D eigenvalue weighted by atomic mass is 32.2. The van der Waals surface area contributed by atoms with Crippen molar-refractivity contribution in [3.05, 3.63) is 0 Å². The Morgan fingerprint density at radius 2 is 1.94 bits per heavy atom. The molecule has 6 heteroatoms. The molecule has 0 radical (unpaired) electrons. The Labute approximate surface area is 97.1 Å². The van der Waals surface area contributed by atoms with Gasteiger partial charge < -0.3 is 10.2 Å². The highest BCUT2D eigenvalue weighted by Crippen LogP contribution is 2.12. The second-order valence-electron chi connectivity index (χ2n) is 4.54. The van der Waals surface area contributed by atoms with Crippen LogP contribution in [0.5, 0.6) is 0 Å². The van der Waals surface area contributed by atoms with Crippen molar-refractivity contribution >= 4 is 15.7 Å². The third-order valence-corrected chi connectivity index (χ3v) is 3.57. The van der Waals surface area contributed by atoms with Crippen molar-refractivity contribution < 1.29 is 13.2 Å². The molecule has 1 aliphatic rings. The van der Waals surface area contributed by atoms with Gasteiger partial charge in [0.1, 0.15) is 5.75 Å². The molecule has 0 aliphatic carbocycles. The fraction of sp³-hybridized carbons (Fsp3) is 0.900. The van der Waals surface area contributed by atoms with Gasteiger partial charge in [-0.1, -0.05) is 0 Å². The fourth-order valence-corrected chi connectivity index (χ4v) is 2.56. The van der Waals surface area contributed by atoms with Gasteiger partial charge in [0.25, 0.3) is 0 Å². The summed E-state index contributed by atoms with van der Waals surface area (Å²) >= 11 is 0. The number of hydrogen-bond donors (Lipinski definition) is 1. The molecule has 1 saturated heterocycles. The van der Waals surface area contributed by atoms with Crippen molar-refractivity contribution in [3.63, 3.8) is 0 Å². The van der Waals surface area contributed by atoms with Gasteiger partial charge in [-0.3, -0.25) is 4.79 Å². The predicted molar refractivity (Wildman–Crippen MR) is 62.9 cm³/mol. The number of nitrogens with zero attached hydrogens (tertiary/aromatic N) is 1. The molecular weight excluding hydrogens is 228 g/mol. The monoisotopic (exact) mass is 248 g/mol. The van der Waals surface area contributed by atoms with Crippen LogP contribution in [0.2, 0.25) is 0 Å². The van der Waals surface area contributed by atoms with E-state index in [0.717, 1.165) is 32.2 Å². The highest BCUT2D eigenvalue weighted by molar-refractivity contribution is 7.91. The summed E-state index contributed by atoms with van der Waals surface area (Å²) in [7, 11) is -1.54. The molecule has 1 rings (SSSR count). The maximum Gasteiger partial charge on any atom is 0.237 e. The Kier molecular flexibility index (Phi) is 4.73. The second-order valence-corrected chi connectivity index (χ2v) is 6.68. The van der Waals surface area contributed by atoms with Gasteiger partial charge in [0.05, 0.1) is 0 Å². The lowest BCUT2D eigenvalue weighted by Gasteiger charge is -2.27. The maximum atomic E-state index is 11.6. The van der Waals surface area contributed by atoms with Crippen molar-refractivity contribution in [1.29, 1.82) is 0 Å². The minimum atomic E-state index is -3.21. The van der Waals surface area contributed by atoms with Crippen LogP contribution in [-0.2, 0) is 14.6 Å². The van der Waals surface area contributed by atoms with Crippen molar-refractivity contribution in [2.75, 3.05) is 38.7 Å². The maximum absolute atomic E-state index is 11.6. The number of carbonyl (C=O) groups excluding carboxylic acids is 1. The predicted octanol–water partition coefficient (Wildman–Crippen LogP) is -0.511. The van der Waals surface area contributed by atoms with E-state index >= 15 is 0 Å². The van der Waals surface area contributed by atoms with E-state index < -0.39 is 9.84 Å². The van der Waals surface area contributed by atoms with Crippen LogP contribution in [0.15, 0.2) is 0 Å². The topological polar surface area (TPSA) is 66.5 Å². The van der Waals surface area contributed by atoms with E-state index in [1.165, 1.54) is 4.90 Å². The van der Waals surface area contributed by atoms with E-state index in [-0.39, 0.29) is 11.7 Å². The normalized spacial score (nSPS) is 18.4. The van der Waals surface area contributed by atoms with Gasteiger partial charge in [-0.15, -0.1) is 0 Å². The molecule has 0 aromatic carbocycles. The summed E-state index contributed by atoms with van der Waals surface area (Å²) in [5, 5.41) is 3.26. The number of piperidine rings is 1. The molecule has 0 atom stereocenters. The molecular formula is C10H20N2O3S. The smallest absolute Gasteiger partial charge is 0.237 e. The standard InChI is InChI=1S/C10H20N2O3S/c1-12(10(13)8-16(2,14)15)7-9-3-5-11-6-4-9/h9,11H,3-8H2,1-2H3. The number of nitrogens with one attached hydrogen (secondary N) is 1. The lowest BCUT2D eigenvalue weighted by molar-refractivity contribution is -0.127. The molecule has 0 spiro atoms. The molecule has 1 heterocycles. The summed E-state index contributed by atoms with van der Waals surface area (Å²) in [6.45, 7) is 2.63.